The molecule has 0 aliphatic rings. The van der Waals surface area contributed by atoms with Crippen molar-refractivity contribution in [3.63, 3.8) is 0 Å². The molecule has 0 saturated carbocycles. The second-order valence-electron chi connectivity index (χ2n) is 4.51. The van der Waals surface area contributed by atoms with Gasteiger partial charge in [-0.15, -0.1) is 0 Å². The SMILES string of the molecule is N#Cc1ccc(-c2cc3c(N)cccc3c(=O)[nH]2)cc1. The number of nitrogens with one attached hydrogen (secondary N) is 1. The van der Waals surface area contributed by atoms with E-state index in [2.05, 4.69) is 11.1 Å². The smallest absolute Gasteiger partial charge is 0.256 e. The Morgan fingerprint density at radius 1 is 1.05 bits per heavy atom. The number of fused-ring (bicyclic) bond motifs is 1. The number of anilines is 1. The summed E-state index contributed by atoms with van der Waals surface area (Å²) < 4.78 is 0. The summed E-state index contributed by atoms with van der Waals surface area (Å²) in [6.07, 6.45) is 0. The Balaban J connectivity index is 2.24. The lowest BCUT2D eigenvalue weighted by molar-refractivity contribution is 1.28. The molecule has 0 bridgehead atoms. The van der Waals surface area contributed by atoms with Gasteiger partial charge >= 0.3 is 0 Å². The molecule has 2 aromatic carbocycles. The van der Waals surface area contributed by atoms with Gasteiger partial charge in [0.15, 0.2) is 0 Å². The average molecular weight is 261 g/mol. The molecule has 0 aliphatic heterocycles. The van der Waals surface area contributed by atoms with Gasteiger partial charge < -0.3 is 10.7 Å². The zero-order valence-electron chi connectivity index (χ0n) is 10.6. The van der Waals surface area contributed by atoms with Crippen molar-refractivity contribution in [2.24, 2.45) is 0 Å². The lowest BCUT2D eigenvalue weighted by atomic mass is 10.1. The minimum atomic E-state index is -0.172. The van der Waals surface area contributed by atoms with Crippen molar-refractivity contribution < 1.29 is 0 Å². The Morgan fingerprint density at radius 3 is 2.50 bits per heavy atom. The summed E-state index contributed by atoms with van der Waals surface area (Å²) in [5.74, 6) is 0. The van der Waals surface area contributed by atoms with Gasteiger partial charge in [0.05, 0.1) is 11.6 Å². The first-order valence-electron chi connectivity index (χ1n) is 6.11. The van der Waals surface area contributed by atoms with Crippen LogP contribution in [0.1, 0.15) is 5.56 Å². The zero-order valence-corrected chi connectivity index (χ0v) is 10.6. The van der Waals surface area contributed by atoms with E-state index < -0.39 is 0 Å². The van der Waals surface area contributed by atoms with E-state index >= 15 is 0 Å². The van der Waals surface area contributed by atoms with Gasteiger partial charge in [-0.3, -0.25) is 4.79 Å². The molecule has 96 valence electrons. The third kappa shape index (κ3) is 1.91. The monoisotopic (exact) mass is 261 g/mol. The maximum absolute atomic E-state index is 12.1. The molecule has 3 N–H and O–H groups in total. The number of hydrogen-bond donors (Lipinski definition) is 2. The summed E-state index contributed by atoms with van der Waals surface area (Å²) in [6, 6.07) is 16.2. The summed E-state index contributed by atoms with van der Waals surface area (Å²) in [6.45, 7) is 0. The quantitative estimate of drug-likeness (QED) is 0.660. The minimum Gasteiger partial charge on any atom is -0.398 e. The number of aromatic amines is 1. The molecule has 0 saturated heterocycles. The molecule has 1 heterocycles. The van der Waals surface area contributed by atoms with Gasteiger partial charge in [0.1, 0.15) is 0 Å². The van der Waals surface area contributed by atoms with Crippen LogP contribution in [-0.2, 0) is 0 Å². The summed E-state index contributed by atoms with van der Waals surface area (Å²) in [4.78, 5) is 14.9. The molecule has 4 nitrogen and oxygen atoms in total. The van der Waals surface area contributed by atoms with Crippen LogP contribution in [0.5, 0.6) is 0 Å². The van der Waals surface area contributed by atoms with Crippen LogP contribution in [0.3, 0.4) is 0 Å². The van der Waals surface area contributed by atoms with Gasteiger partial charge in [-0.2, -0.15) is 5.26 Å². The van der Waals surface area contributed by atoms with Crippen molar-refractivity contribution in [2.75, 3.05) is 5.73 Å². The van der Waals surface area contributed by atoms with Crippen LogP contribution in [0.2, 0.25) is 0 Å². The summed E-state index contributed by atoms with van der Waals surface area (Å²) in [7, 11) is 0. The number of H-pyrrole nitrogens is 1. The van der Waals surface area contributed by atoms with Crippen molar-refractivity contribution in [2.45, 2.75) is 0 Å². The van der Waals surface area contributed by atoms with E-state index in [9.17, 15) is 4.79 Å². The maximum atomic E-state index is 12.1. The largest absolute Gasteiger partial charge is 0.398 e. The van der Waals surface area contributed by atoms with Gasteiger partial charge in [0.2, 0.25) is 0 Å². The van der Waals surface area contributed by atoms with E-state index in [0.717, 1.165) is 10.9 Å². The highest BCUT2D eigenvalue weighted by atomic mass is 16.1. The predicted molar refractivity (Wildman–Crippen MR) is 79.1 cm³/mol. The minimum absolute atomic E-state index is 0.172. The second kappa shape index (κ2) is 4.56. The van der Waals surface area contributed by atoms with Crippen LogP contribution in [0.4, 0.5) is 5.69 Å². The van der Waals surface area contributed by atoms with Crippen LogP contribution >= 0.6 is 0 Å². The number of benzene rings is 2. The number of hydrogen-bond acceptors (Lipinski definition) is 3. The number of nitrogens with two attached hydrogens (primary N) is 1. The lowest BCUT2D eigenvalue weighted by Crippen LogP contribution is -2.08. The normalized spacial score (nSPS) is 10.3. The molecular formula is C16H11N3O. The van der Waals surface area contributed by atoms with Crippen LogP contribution in [0, 0.1) is 11.3 Å². The first-order chi connectivity index (χ1) is 9.69. The van der Waals surface area contributed by atoms with Gasteiger partial charge in [-0.1, -0.05) is 18.2 Å². The molecule has 0 unspecified atom stereocenters. The van der Waals surface area contributed by atoms with E-state index in [-0.39, 0.29) is 5.56 Å². The van der Waals surface area contributed by atoms with Gasteiger partial charge in [0.25, 0.3) is 5.56 Å². The molecule has 0 radical (unpaired) electrons. The Morgan fingerprint density at radius 2 is 1.80 bits per heavy atom. The summed E-state index contributed by atoms with van der Waals surface area (Å²) in [5, 5.41) is 10.1. The molecule has 1 aromatic heterocycles. The molecule has 0 aliphatic carbocycles. The molecule has 20 heavy (non-hydrogen) atoms. The first-order valence-corrected chi connectivity index (χ1v) is 6.11. The highest BCUT2D eigenvalue weighted by Crippen LogP contribution is 2.23. The van der Waals surface area contributed by atoms with Crippen molar-refractivity contribution in [3.8, 4) is 17.3 Å². The maximum Gasteiger partial charge on any atom is 0.256 e. The number of nitrogen functional groups attached to an aromatic ring is 1. The summed E-state index contributed by atoms with van der Waals surface area (Å²) in [5.41, 5.74) is 8.43. The van der Waals surface area contributed by atoms with Crippen molar-refractivity contribution in [3.05, 3.63) is 64.4 Å². The van der Waals surface area contributed by atoms with Crippen LogP contribution < -0.4 is 11.3 Å². The summed E-state index contributed by atoms with van der Waals surface area (Å²) >= 11 is 0. The Hall–Kier alpha value is -3.06. The zero-order chi connectivity index (χ0) is 14.1. The number of aromatic nitrogens is 1. The molecule has 4 heteroatoms. The predicted octanol–water partition coefficient (Wildman–Crippen LogP) is 2.65. The fraction of sp³-hybridized carbons (Fsp3) is 0. The fourth-order valence-corrected chi connectivity index (χ4v) is 2.19. The Kier molecular flexibility index (Phi) is 2.73. The van der Waals surface area contributed by atoms with E-state index in [4.69, 9.17) is 11.0 Å². The number of nitriles is 1. The Bertz CT molecular complexity index is 886. The van der Waals surface area contributed by atoms with Crippen molar-refractivity contribution in [1.29, 1.82) is 5.26 Å². The van der Waals surface area contributed by atoms with Crippen LogP contribution in [0.15, 0.2) is 53.3 Å². The molecule has 0 atom stereocenters. The van der Waals surface area contributed by atoms with E-state index in [0.29, 0.717) is 22.3 Å². The van der Waals surface area contributed by atoms with Crippen molar-refractivity contribution in [1.82, 2.24) is 4.98 Å². The second-order valence-corrected chi connectivity index (χ2v) is 4.51. The molecule has 0 amide bonds. The Labute approximate surface area is 115 Å². The van der Waals surface area contributed by atoms with E-state index in [1.54, 1.807) is 42.5 Å². The molecule has 0 fully saturated rings. The van der Waals surface area contributed by atoms with E-state index in [1.807, 2.05) is 6.07 Å². The highest BCUT2D eigenvalue weighted by molar-refractivity contribution is 5.94. The van der Waals surface area contributed by atoms with E-state index in [1.165, 1.54) is 0 Å². The first kappa shape index (κ1) is 12.0. The van der Waals surface area contributed by atoms with Gasteiger partial charge in [-0.05, 0) is 35.9 Å². The number of pyridine rings is 1. The van der Waals surface area contributed by atoms with Crippen LogP contribution in [0.25, 0.3) is 22.0 Å². The number of nitrogens with zero attached hydrogens (tertiary/aromatic N) is 1. The van der Waals surface area contributed by atoms with Gasteiger partial charge in [-0.25, -0.2) is 0 Å². The third-order valence-corrected chi connectivity index (χ3v) is 3.25. The fourth-order valence-electron chi connectivity index (χ4n) is 2.19. The van der Waals surface area contributed by atoms with Gasteiger partial charge in [0, 0.05) is 22.2 Å². The highest BCUT2D eigenvalue weighted by Gasteiger charge is 2.06. The number of rotatable bonds is 1. The topological polar surface area (TPSA) is 82.7 Å². The molecule has 3 aromatic rings. The van der Waals surface area contributed by atoms with Crippen LogP contribution in [-0.4, -0.2) is 4.98 Å². The molecular weight excluding hydrogens is 250 g/mol. The molecule has 0 spiro atoms. The average Bonchev–Trinajstić information content (AvgIpc) is 2.48. The van der Waals surface area contributed by atoms with Crippen molar-refractivity contribution >= 4 is 16.5 Å². The molecule has 3 rings (SSSR count). The third-order valence-electron chi connectivity index (χ3n) is 3.25. The standard InChI is InChI=1S/C16H11N3O/c17-9-10-4-6-11(7-5-10)15-8-13-12(16(20)19-15)2-1-3-14(13)18/h1-8H,18H2,(H,19,20). The lowest BCUT2D eigenvalue weighted by Gasteiger charge is -2.06.